The summed E-state index contributed by atoms with van der Waals surface area (Å²) in [7, 11) is -4.03. The number of benzene rings is 2. The van der Waals surface area contributed by atoms with Gasteiger partial charge < -0.3 is 9.84 Å². The van der Waals surface area contributed by atoms with Gasteiger partial charge in [-0.15, -0.1) is 0 Å². The molecule has 0 radical (unpaired) electrons. The van der Waals surface area contributed by atoms with Crippen molar-refractivity contribution in [2.75, 3.05) is 13.2 Å². The number of carboxylic acids is 1. The van der Waals surface area contributed by atoms with Gasteiger partial charge in [-0.1, -0.05) is 6.92 Å². The largest absolute Gasteiger partial charge is 0.494 e. The van der Waals surface area contributed by atoms with Gasteiger partial charge in [0.25, 0.3) is 0 Å². The molecule has 1 aliphatic heterocycles. The van der Waals surface area contributed by atoms with E-state index in [0.29, 0.717) is 23.3 Å². The van der Waals surface area contributed by atoms with Crippen LogP contribution in [0.4, 0.5) is 4.39 Å². The lowest BCUT2D eigenvalue weighted by atomic mass is 10.00. The third kappa shape index (κ3) is 4.10. The smallest absolute Gasteiger partial charge is 0.309 e. The van der Waals surface area contributed by atoms with Crippen LogP contribution >= 0.6 is 0 Å². The van der Waals surface area contributed by atoms with Crippen LogP contribution in [-0.4, -0.2) is 52.8 Å². The first-order valence-corrected chi connectivity index (χ1v) is 12.1. The Bertz CT molecular complexity index is 1380. The van der Waals surface area contributed by atoms with Crippen molar-refractivity contribution < 1.29 is 27.4 Å². The maximum Gasteiger partial charge on any atom is 0.309 e. The lowest BCUT2D eigenvalue weighted by Crippen LogP contribution is -2.36. The van der Waals surface area contributed by atoms with Crippen LogP contribution in [0, 0.1) is 23.1 Å². The van der Waals surface area contributed by atoms with Crippen molar-refractivity contribution in [2.24, 2.45) is 5.92 Å². The molecule has 1 fully saturated rings. The minimum atomic E-state index is -4.03. The number of ether oxygens (including phenoxy) is 1. The zero-order valence-electron chi connectivity index (χ0n) is 18.6. The maximum atomic E-state index is 14.1. The summed E-state index contributed by atoms with van der Waals surface area (Å²) in [6, 6.07) is 10.4. The molecule has 34 heavy (non-hydrogen) atoms. The molecule has 3 atom stereocenters. The zero-order chi connectivity index (χ0) is 24.6. The highest BCUT2D eigenvalue weighted by molar-refractivity contribution is 7.89. The van der Waals surface area contributed by atoms with E-state index in [1.165, 1.54) is 35.0 Å². The summed E-state index contributed by atoms with van der Waals surface area (Å²) in [5, 5.41) is 24.0. The number of halogens is 1. The Kier molecular flexibility index (Phi) is 6.29. The molecule has 0 saturated carbocycles. The summed E-state index contributed by atoms with van der Waals surface area (Å²) in [6.45, 7) is 3.92. The number of nitrogens with zero attached hydrogens (tertiary/aromatic N) is 4. The first-order valence-electron chi connectivity index (χ1n) is 10.7. The van der Waals surface area contributed by atoms with Crippen LogP contribution in [0.3, 0.4) is 0 Å². The van der Waals surface area contributed by atoms with Gasteiger partial charge in [0.05, 0.1) is 41.2 Å². The third-order valence-corrected chi connectivity index (χ3v) is 7.90. The molecule has 2 aromatic carbocycles. The van der Waals surface area contributed by atoms with E-state index in [1.54, 1.807) is 19.1 Å². The molecule has 1 N–H and O–H groups in total. The summed E-state index contributed by atoms with van der Waals surface area (Å²) < 4.78 is 48.9. The third-order valence-electron chi connectivity index (χ3n) is 6.03. The summed E-state index contributed by atoms with van der Waals surface area (Å²) in [4.78, 5) is 11.3. The van der Waals surface area contributed by atoms with Crippen molar-refractivity contribution in [3.63, 3.8) is 0 Å². The number of carboxylic acid groups (broad SMARTS) is 1. The standard InChI is InChI=1S/C23H23FN4O5S/c1-3-33-16-5-7-17(8-6-16)34(31,32)27-13-22(14(2)21(27)12-25)28-20-10-15(24)4-9-18(20)19(26-28)11-23(29)30/h4-10,14,21-22H,3,11,13H2,1-2H3,(H,29,30)/t14-,21?,22+/m0/s1. The number of carbonyl (C=O) groups is 1. The van der Waals surface area contributed by atoms with E-state index in [1.807, 2.05) is 6.92 Å². The second kappa shape index (κ2) is 9.04. The fourth-order valence-corrected chi connectivity index (χ4v) is 6.02. The number of fused-ring (bicyclic) bond motifs is 1. The second-order valence-corrected chi connectivity index (χ2v) is 9.99. The van der Waals surface area contributed by atoms with E-state index < -0.39 is 39.8 Å². The van der Waals surface area contributed by atoms with Gasteiger partial charge in [-0.3, -0.25) is 9.48 Å². The van der Waals surface area contributed by atoms with Crippen LogP contribution in [0.2, 0.25) is 0 Å². The Morgan fingerprint density at radius 1 is 1.29 bits per heavy atom. The molecule has 1 aliphatic rings. The molecule has 3 aromatic rings. The highest BCUT2D eigenvalue weighted by Gasteiger charge is 2.47. The summed E-state index contributed by atoms with van der Waals surface area (Å²) in [6.07, 6.45) is -0.369. The van der Waals surface area contributed by atoms with Crippen LogP contribution in [-0.2, 0) is 21.2 Å². The van der Waals surface area contributed by atoms with Crippen molar-refractivity contribution in [1.29, 1.82) is 5.26 Å². The predicted molar refractivity (Wildman–Crippen MR) is 120 cm³/mol. The van der Waals surface area contributed by atoms with Crippen LogP contribution in [0.5, 0.6) is 5.75 Å². The number of hydrogen-bond donors (Lipinski definition) is 1. The first kappa shape index (κ1) is 23.7. The van der Waals surface area contributed by atoms with Gasteiger partial charge in [-0.2, -0.15) is 14.7 Å². The lowest BCUT2D eigenvalue weighted by Gasteiger charge is -2.20. The van der Waals surface area contributed by atoms with Gasteiger partial charge in [-0.05, 0) is 49.4 Å². The molecular weight excluding hydrogens is 463 g/mol. The van der Waals surface area contributed by atoms with Gasteiger partial charge >= 0.3 is 5.97 Å². The first-order chi connectivity index (χ1) is 16.2. The van der Waals surface area contributed by atoms with E-state index in [9.17, 15) is 28.0 Å². The summed E-state index contributed by atoms with van der Waals surface area (Å²) in [5.41, 5.74) is 0.598. The van der Waals surface area contributed by atoms with Crippen molar-refractivity contribution >= 4 is 26.9 Å². The number of hydrogen-bond acceptors (Lipinski definition) is 6. The Hall–Kier alpha value is -3.49. The lowest BCUT2D eigenvalue weighted by molar-refractivity contribution is -0.136. The molecule has 0 bridgehead atoms. The number of aliphatic carboxylic acids is 1. The maximum absolute atomic E-state index is 14.1. The second-order valence-electron chi connectivity index (χ2n) is 8.10. The Balaban J connectivity index is 1.75. The average Bonchev–Trinajstić information content (AvgIpc) is 3.31. The van der Waals surface area contributed by atoms with Crippen molar-refractivity contribution in [3.05, 3.63) is 54.0 Å². The van der Waals surface area contributed by atoms with Gasteiger partial charge in [0.15, 0.2) is 0 Å². The molecule has 0 spiro atoms. The molecule has 0 aliphatic carbocycles. The minimum Gasteiger partial charge on any atom is -0.494 e. The zero-order valence-corrected chi connectivity index (χ0v) is 19.4. The molecule has 178 valence electrons. The van der Waals surface area contributed by atoms with Crippen LogP contribution in [0.25, 0.3) is 10.9 Å². The molecule has 2 heterocycles. The molecule has 11 heteroatoms. The van der Waals surface area contributed by atoms with Gasteiger partial charge in [0.2, 0.25) is 10.0 Å². The average molecular weight is 487 g/mol. The molecule has 1 saturated heterocycles. The monoisotopic (exact) mass is 486 g/mol. The van der Waals surface area contributed by atoms with E-state index in [2.05, 4.69) is 11.2 Å². The van der Waals surface area contributed by atoms with E-state index >= 15 is 0 Å². The quantitative estimate of drug-likeness (QED) is 0.544. The Labute approximate surface area is 196 Å². The van der Waals surface area contributed by atoms with Crippen LogP contribution in [0.1, 0.15) is 25.6 Å². The predicted octanol–water partition coefficient (Wildman–Crippen LogP) is 2.98. The molecular formula is C23H23FN4O5S. The molecule has 0 amide bonds. The highest BCUT2D eigenvalue weighted by Crippen LogP contribution is 2.39. The fraction of sp³-hybridized carbons (Fsp3) is 0.348. The topological polar surface area (TPSA) is 126 Å². The summed E-state index contributed by atoms with van der Waals surface area (Å²) >= 11 is 0. The number of aromatic nitrogens is 2. The SMILES string of the molecule is CCOc1ccc(S(=O)(=O)N2C[C@@H](n3nc(CC(=O)O)c4ccc(F)cc43)[C@@H](C)C2C#N)cc1. The number of nitriles is 1. The van der Waals surface area contributed by atoms with Crippen molar-refractivity contribution in [1.82, 2.24) is 14.1 Å². The Morgan fingerprint density at radius 3 is 2.62 bits per heavy atom. The van der Waals surface area contributed by atoms with Gasteiger partial charge in [0.1, 0.15) is 17.6 Å². The van der Waals surface area contributed by atoms with Crippen LogP contribution in [0.15, 0.2) is 47.4 Å². The van der Waals surface area contributed by atoms with Gasteiger partial charge in [0, 0.05) is 17.8 Å². The number of sulfonamides is 1. The Morgan fingerprint density at radius 2 is 2.00 bits per heavy atom. The molecule has 9 nitrogen and oxygen atoms in total. The fourth-order valence-electron chi connectivity index (χ4n) is 4.38. The van der Waals surface area contributed by atoms with E-state index in [4.69, 9.17) is 4.74 Å². The normalized spacial score (nSPS) is 20.9. The summed E-state index contributed by atoms with van der Waals surface area (Å²) in [5.74, 6) is -1.59. The number of rotatable bonds is 7. The van der Waals surface area contributed by atoms with E-state index in [0.717, 1.165) is 4.31 Å². The minimum absolute atomic E-state index is 0.0204. The van der Waals surface area contributed by atoms with Crippen molar-refractivity contribution in [2.45, 2.75) is 37.2 Å². The van der Waals surface area contributed by atoms with Crippen molar-refractivity contribution in [3.8, 4) is 11.8 Å². The molecule has 1 aromatic heterocycles. The van der Waals surface area contributed by atoms with Gasteiger partial charge in [-0.25, -0.2) is 12.8 Å². The van der Waals surface area contributed by atoms with E-state index in [-0.39, 0.29) is 23.6 Å². The van der Waals surface area contributed by atoms with Crippen LogP contribution < -0.4 is 4.74 Å². The molecule has 1 unspecified atom stereocenters. The molecule has 4 rings (SSSR count). The highest BCUT2D eigenvalue weighted by atomic mass is 32.2.